The molecule has 0 aromatic heterocycles. The lowest BCUT2D eigenvalue weighted by Crippen LogP contribution is -2.64. The Morgan fingerprint density at radius 1 is 1.15 bits per heavy atom. The van der Waals surface area contributed by atoms with Gasteiger partial charge in [-0.05, 0) is 13.5 Å². The number of morpholine rings is 1. The van der Waals surface area contributed by atoms with E-state index in [-0.39, 0.29) is 29.9 Å². The van der Waals surface area contributed by atoms with Gasteiger partial charge in [-0.3, -0.25) is 9.59 Å². The summed E-state index contributed by atoms with van der Waals surface area (Å²) in [7, 11) is 2.09. The molecule has 3 fully saturated rings. The third kappa shape index (κ3) is 2.42. The van der Waals surface area contributed by atoms with Gasteiger partial charge in [-0.15, -0.1) is 0 Å². The molecule has 20 heavy (non-hydrogen) atoms. The van der Waals surface area contributed by atoms with Crippen LogP contribution in [0.5, 0.6) is 0 Å². The number of piperidine rings is 1. The fourth-order valence-corrected chi connectivity index (χ4v) is 3.43. The number of ether oxygens (including phenoxy) is 1. The molecule has 3 heterocycles. The lowest BCUT2D eigenvalue weighted by molar-refractivity contribution is -0.162. The molecule has 3 saturated heterocycles. The average Bonchev–Trinajstić information content (AvgIpc) is 2.35. The average molecular weight is 281 g/mol. The van der Waals surface area contributed by atoms with Crippen molar-refractivity contribution in [1.29, 1.82) is 0 Å². The fraction of sp³-hybridized carbons (Fsp3) is 0.857. The molecule has 2 amide bonds. The van der Waals surface area contributed by atoms with E-state index < -0.39 is 0 Å². The van der Waals surface area contributed by atoms with E-state index in [0.717, 1.165) is 19.5 Å². The molecule has 0 aromatic carbocycles. The van der Waals surface area contributed by atoms with E-state index in [2.05, 4.69) is 11.9 Å². The van der Waals surface area contributed by atoms with Gasteiger partial charge in [-0.25, -0.2) is 0 Å². The summed E-state index contributed by atoms with van der Waals surface area (Å²) in [6, 6.07) is 0.182. The number of rotatable bonds is 1. The fourth-order valence-electron chi connectivity index (χ4n) is 3.43. The van der Waals surface area contributed by atoms with Crippen LogP contribution in [0.4, 0.5) is 0 Å². The van der Waals surface area contributed by atoms with Crippen molar-refractivity contribution in [2.45, 2.75) is 25.5 Å². The van der Waals surface area contributed by atoms with E-state index in [0.29, 0.717) is 26.2 Å². The number of carbonyl (C=O) groups excluding carboxylic acids is 2. The molecule has 6 heteroatoms. The van der Waals surface area contributed by atoms with Gasteiger partial charge in [0.1, 0.15) is 0 Å². The zero-order valence-electron chi connectivity index (χ0n) is 12.2. The first-order valence-electron chi connectivity index (χ1n) is 7.42. The van der Waals surface area contributed by atoms with Crippen LogP contribution >= 0.6 is 0 Å². The lowest BCUT2D eigenvalue weighted by Gasteiger charge is -2.49. The van der Waals surface area contributed by atoms with Crippen LogP contribution in [0.1, 0.15) is 13.3 Å². The summed E-state index contributed by atoms with van der Waals surface area (Å²) in [4.78, 5) is 29.8. The van der Waals surface area contributed by atoms with Crippen molar-refractivity contribution in [3.05, 3.63) is 0 Å². The van der Waals surface area contributed by atoms with Gasteiger partial charge in [-0.2, -0.15) is 0 Å². The van der Waals surface area contributed by atoms with Gasteiger partial charge < -0.3 is 19.4 Å². The van der Waals surface area contributed by atoms with Gasteiger partial charge in [-0.1, -0.05) is 0 Å². The van der Waals surface area contributed by atoms with Crippen LogP contribution in [0.2, 0.25) is 0 Å². The third-order valence-electron chi connectivity index (χ3n) is 4.75. The van der Waals surface area contributed by atoms with Crippen molar-refractivity contribution in [3.63, 3.8) is 0 Å². The SMILES string of the molecule is CC(=O)N1CC(C(=O)N2CCO[C@H]3CCN(C)C[C@@H]32)C1. The van der Waals surface area contributed by atoms with Gasteiger partial charge in [0.2, 0.25) is 11.8 Å². The molecule has 0 unspecified atom stereocenters. The van der Waals surface area contributed by atoms with Crippen LogP contribution in [0.15, 0.2) is 0 Å². The van der Waals surface area contributed by atoms with Crippen molar-refractivity contribution in [3.8, 4) is 0 Å². The molecule has 0 aromatic rings. The molecule has 0 aliphatic carbocycles. The van der Waals surface area contributed by atoms with Gasteiger partial charge in [0, 0.05) is 39.6 Å². The summed E-state index contributed by atoms with van der Waals surface area (Å²) >= 11 is 0. The summed E-state index contributed by atoms with van der Waals surface area (Å²) in [5.74, 6) is 0.257. The Hall–Kier alpha value is -1.14. The predicted molar refractivity (Wildman–Crippen MR) is 73.1 cm³/mol. The number of hydrogen-bond acceptors (Lipinski definition) is 4. The number of likely N-dealkylation sites (tertiary alicyclic amines) is 2. The minimum Gasteiger partial charge on any atom is -0.374 e. The van der Waals surface area contributed by atoms with Crippen LogP contribution in [0, 0.1) is 5.92 Å². The molecule has 0 bridgehead atoms. The number of carbonyl (C=O) groups is 2. The van der Waals surface area contributed by atoms with Crippen LogP contribution in [0.3, 0.4) is 0 Å². The molecular weight excluding hydrogens is 258 g/mol. The van der Waals surface area contributed by atoms with Crippen LogP contribution < -0.4 is 0 Å². The molecule has 0 saturated carbocycles. The number of fused-ring (bicyclic) bond motifs is 1. The van der Waals surface area contributed by atoms with Gasteiger partial charge >= 0.3 is 0 Å². The number of amides is 2. The molecule has 112 valence electrons. The van der Waals surface area contributed by atoms with Gasteiger partial charge in [0.25, 0.3) is 0 Å². The van der Waals surface area contributed by atoms with E-state index in [4.69, 9.17) is 4.74 Å². The molecule has 3 aliphatic heterocycles. The van der Waals surface area contributed by atoms with Crippen molar-refractivity contribution >= 4 is 11.8 Å². The number of nitrogens with zero attached hydrogens (tertiary/aromatic N) is 3. The Morgan fingerprint density at radius 3 is 2.60 bits per heavy atom. The predicted octanol–water partition coefficient (Wildman–Crippen LogP) is -0.604. The summed E-state index contributed by atoms with van der Waals surface area (Å²) < 4.78 is 5.82. The highest BCUT2D eigenvalue weighted by Crippen LogP contribution is 2.26. The van der Waals surface area contributed by atoms with E-state index in [1.807, 2.05) is 4.90 Å². The normalized spacial score (nSPS) is 31.7. The second kappa shape index (κ2) is 5.33. The molecule has 3 rings (SSSR count). The standard InChI is InChI=1S/C14H23N3O3/c1-10(18)16-7-11(8-16)14(19)17-5-6-20-13-3-4-15(2)9-12(13)17/h11-13H,3-9H2,1-2H3/t12-,13-/m0/s1. The Kier molecular flexibility index (Phi) is 3.69. The first-order valence-corrected chi connectivity index (χ1v) is 7.42. The maximum Gasteiger partial charge on any atom is 0.229 e. The molecule has 3 aliphatic rings. The summed E-state index contributed by atoms with van der Waals surface area (Å²) in [6.07, 6.45) is 1.18. The minimum atomic E-state index is -0.00937. The molecule has 2 atom stereocenters. The third-order valence-corrected chi connectivity index (χ3v) is 4.75. The summed E-state index contributed by atoms with van der Waals surface area (Å²) in [5.41, 5.74) is 0. The second-order valence-corrected chi connectivity index (χ2v) is 6.18. The maximum absolute atomic E-state index is 12.6. The summed E-state index contributed by atoms with van der Waals surface area (Å²) in [5, 5.41) is 0. The first kappa shape index (κ1) is 13.8. The van der Waals surface area contributed by atoms with Crippen molar-refractivity contribution in [1.82, 2.24) is 14.7 Å². The Labute approximate surface area is 119 Å². The van der Waals surface area contributed by atoms with Crippen LogP contribution in [-0.2, 0) is 14.3 Å². The molecular formula is C14H23N3O3. The number of likely N-dealkylation sites (N-methyl/N-ethyl adjacent to an activating group) is 1. The molecule has 0 N–H and O–H groups in total. The Bertz CT molecular complexity index is 408. The quantitative estimate of drug-likeness (QED) is 0.644. The van der Waals surface area contributed by atoms with Crippen molar-refractivity contribution < 1.29 is 14.3 Å². The maximum atomic E-state index is 12.6. The Morgan fingerprint density at radius 2 is 1.90 bits per heavy atom. The van der Waals surface area contributed by atoms with Crippen molar-refractivity contribution in [2.24, 2.45) is 5.92 Å². The van der Waals surface area contributed by atoms with E-state index in [1.54, 1.807) is 11.8 Å². The summed E-state index contributed by atoms with van der Waals surface area (Å²) in [6.45, 7) is 5.97. The smallest absolute Gasteiger partial charge is 0.229 e. The monoisotopic (exact) mass is 281 g/mol. The highest BCUT2D eigenvalue weighted by Gasteiger charge is 2.43. The second-order valence-electron chi connectivity index (χ2n) is 6.18. The number of hydrogen-bond donors (Lipinski definition) is 0. The van der Waals surface area contributed by atoms with Crippen LogP contribution in [-0.4, -0.2) is 85.0 Å². The highest BCUT2D eigenvalue weighted by molar-refractivity contribution is 5.84. The van der Waals surface area contributed by atoms with Gasteiger partial charge in [0.15, 0.2) is 0 Å². The molecule has 0 spiro atoms. The molecule has 6 nitrogen and oxygen atoms in total. The Balaban J connectivity index is 1.63. The van der Waals surface area contributed by atoms with Crippen LogP contribution in [0.25, 0.3) is 0 Å². The van der Waals surface area contributed by atoms with E-state index >= 15 is 0 Å². The lowest BCUT2D eigenvalue weighted by atomic mass is 9.94. The van der Waals surface area contributed by atoms with E-state index in [1.165, 1.54) is 0 Å². The highest BCUT2D eigenvalue weighted by atomic mass is 16.5. The minimum absolute atomic E-state index is 0.00937. The van der Waals surface area contributed by atoms with Crippen molar-refractivity contribution in [2.75, 3.05) is 46.4 Å². The zero-order chi connectivity index (χ0) is 14.3. The first-order chi connectivity index (χ1) is 9.56. The topological polar surface area (TPSA) is 53.1 Å². The molecule has 0 radical (unpaired) electrons. The largest absolute Gasteiger partial charge is 0.374 e. The zero-order valence-corrected chi connectivity index (χ0v) is 12.2. The van der Waals surface area contributed by atoms with Gasteiger partial charge in [0.05, 0.1) is 24.7 Å². The van der Waals surface area contributed by atoms with E-state index in [9.17, 15) is 9.59 Å².